The summed E-state index contributed by atoms with van der Waals surface area (Å²) >= 11 is 0. The summed E-state index contributed by atoms with van der Waals surface area (Å²) < 4.78 is 10.7. The van der Waals surface area contributed by atoms with Crippen LogP contribution in [0, 0.1) is 6.92 Å². The van der Waals surface area contributed by atoms with Gasteiger partial charge in [-0.15, -0.1) is 0 Å². The van der Waals surface area contributed by atoms with Gasteiger partial charge in [0.2, 0.25) is 0 Å². The number of methoxy groups -OCH3 is 2. The minimum absolute atomic E-state index is 0.0840. The van der Waals surface area contributed by atoms with Crippen LogP contribution in [-0.2, 0) is 6.54 Å². The smallest absolute Gasteiger partial charge is 0.324 e. The number of carbonyl (C=O) groups excluding carboxylic acids is 2. The van der Waals surface area contributed by atoms with Gasteiger partial charge in [0.05, 0.1) is 14.2 Å². The number of ether oxygens (including phenoxy) is 2. The molecule has 4 amide bonds. The first-order valence-corrected chi connectivity index (χ1v) is 11.5. The fourth-order valence-electron chi connectivity index (χ4n) is 4.03. The zero-order chi connectivity index (χ0) is 24.8. The van der Waals surface area contributed by atoms with Crippen molar-refractivity contribution in [1.82, 2.24) is 4.90 Å². The molecule has 1 saturated heterocycles. The van der Waals surface area contributed by atoms with Crippen LogP contribution in [0.15, 0.2) is 66.7 Å². The Bertz CT molecular complexity index is 1170. The van der Waals surface area contributed by atoms with Gasteiger partial charge in [-0.1, -0.05) is 23.8 Å². The Morgan fingerprint density at radius 1 is 0.886 bits per heavy atom. The van der Waals surface area contributed by atoms with Gasteiger partial charge in [-0.3, -0.25) is 4.90 Å². The van der Waals surface area contributed by atoms with Crippen LogP contribution in [-0.4, -0.2) is 44.3 Å². The van der Waals surface area contributed by atoms with E-state index in [4.69, 9.17) is 9.47 Å². The Hall–Kier alpha value is -4.20. The number of aryl methyl sites for hydroxylation is 1. The van der Waals surface area contributed by atoms with E-state index in [0.717, 1.165) is 23.2 Å². The van der Waals surface area contributed by atoms with Gasteiger partial charge in [0.15, 0.2) is 0 Å². The molecule has 4 rings (SSSR count). The SMILES string of the molecule is COc1cc(CN2CCCN(c3cccc(NC(=O)Nc4ccc(C)cc4)c3)C2=O)cc(OC)c1. The zero-order valence-corrected chi connectivity index (χ0v) is 20.2. The van der Waals surface area contributed by atoms with E-state index in [0.29, 0.717) is 42.5 Å². The number of nitrogens with one attached hydrogen (secondary N) is 2. The Labute approximate surface area is 205 Å². The van der Waals surface area contributed by atoms with Crippen LogP contribution in [0.25, 0.3) is 0 Å². The molecule has 0 aliphatic carbocycles. The molecule has 0 bridgehead atoms. The molecule has 0 spiro atoms. The predicted octanol–water partition coefficient (Wildman–Crippen LogP) is 5.49. The molecule has 1 aliphatic heterocycles. The quantitative estimate of drug-likeness (QED) is 0.474. The molecule has 35 heavy (non-hydrogen) atoms. The Balaban J connectivity index is 1.44. The van der Waals surface area contributed by atoms with Gasteiger partial charge in [-0.05, 0) is 61.4 Å². The highest BCUT2D eigenvalue weighted by Gasteiger charge is 2.27. The van der Waals surface area contributed by atoms with Gasteiger partial charge >= 0.3 is 12.1 Å². The van der Waals surface area contributed by atoms with E-state index in [1.807, 2.05) is 66.4 Å². The predicted molar refractivity (Wildman–Crippen MR) is 138 cm³/mol. The standard InChI is InChI=1S/C27H30N4O4/c1-19-8-10-21(11-9-19)28-26(32)29-22-6-4-7-23(16-22)31-13-5-12-30(27(31)33)18-20-14-24(34-2)17-25(15-20)35-3/h4,6-11,14-17H,5,12-13,18H2,1-3H3,(H2,28,29,32). The number of urea groups is 2. The van der Waals surface area contributed by atoms with E-state index < -0.39 is 0 Å². The summed E-state index contributed by atoms with van der Waals surface area (Å²) in [6.07, 6.45) is 0.832. The third-order valence-corrected chi connectivity index (χ3v) is 5.82. The van der Waals surface area contributed by atoms with Crippen LogP contribution in [0.4, 0.5) is 26.7 Å². The second-order valence-electron chi connectivity index (χ2n) is 8.43. The maximum atomic E-state index is 13.3. The van der Waals surface area contributed by atoms with Crippen molar-refractivity contribution in [3.63, 3.8) is 0 Å². The van der Waals surface area contributed by atoms with Gasteiger partial charge < -0.3 is 25.0 Å². The highest BCUT2D eigenvalue weighted by Crippen LogP contribution is 2.27. The molecule has 1 heterocycles. The molecule has 0 atom stereocenters. The van der Waals surface area contributed by atoms with Crippen LogP contribution in [0.5, 0.6) is 11.5 Å². The first-order chi connectivity index (χ1) is 16.9. The third-order valence-electron chi connectivity index (χ3n) is 5.82. The van der Waals surface area contributed by atoms with Crippen LogP contribution < -0.4 is 25.0 Å². The van der Waals surface area contributed by atoms with Crippen molar-refractivity contribution >= 4 is 29.1 Å². The van der Waals surface area contributed by atoms with Gasteiger partial charge in [0.25, 0.3) is 0 Å². The first-order valence-electron chi connectivity index (χ1n) is 11.5. The maximum Gasteiger partial charge on any atom is 0.324 e. The Kier molecular flexibility index (Phi) is 7.40. The van der Waals surface area contributed by atoms with Crippen LogP contribution in [0.3, 0.4) is 0 Å². The Morgan fingerprint density at radius 2 is 1.57 bits per heavy atom. The van der Waals surface area contributed by atoms with Gasteiger partial charge in [0.1, 0.15) is 11.5 Å². The van der Waals surface area contributed by atoms with Crippen LogP contribution in [0.1, 0.15) is 17.5 Å². The summed E-state index contributed by atoms with van der Waals surface area (Å²) in [5.41, 5.74) is 4.10. The number of amides is 4. The zero-order valence-electron chi connectivity index (χ0n) is 20.2. The summed E-state index contributed by atoms with van der Waals surface area (Å²) in [6, 6.07) is 20.1. The highest BCUT2D eigenvalue weighted by atomic mass is 16.5. The third kappa shape index (κ3) is 6.03. The molecule has 0 unspecified atom stereocenters. The number of benzene rings is 3. The summed E-state index contributed by atoms with van der Waals surface area (Å²) in [6.45, 7) is 3.70. The van der Waals surface area contributed by atoms with Crippen molar-refractivity contribution in [2.45, 2.75) is 19.9 Å². The summed E-state index contributed by atoms with van der Waals surface area (Å²) in [5, 5.41) is 5.67. The number of hydrogen-bond acceptors (Lipinski definition) is 4. The number of anilines is 3. The number of nitrogens with zero attached hydrogens (tertiary/aromatic N) is 2. The van der Waals surface area contributed by atoms with Crippen molar-refractivity contribution in [1.29, 1.82) is 0 Å². The molecule has 0 saturated carbocycles. The Morgan fingerprint density at radius 3 is 2.26 bits per heavy atom. The fourth-order valence-corrected chi connectivity index (χ4v) is 4.03. The molecular formula is C27H30N4O4. The normalized spacial score (nSPS) is 13.4. The molecule has 1 aliphatic rings. The fraction of sp³-hybridized carbons (Fsp3) is 0.259. The highest BCUT2D eigenvalue weighted by molar-refractivity contribution is 6.00. The summed E-state index contributed by atoms with van der Waals surface area (Å²) in [7, 11) is 3.21. The molecule has 8 heteroatoms. The number of hydrogen-bond donors (Lipinski definition) is 2. The second kappa shape index (κ2) is 10.8. The molecule has 0 aromatic heterocycles. The lowest BCUT2D eigenvalue weighted by molar-refractivity contribution is 0.192. The lowest BCUT2D eigenvalue weighted by atomic mass is 10.1. The van der Waals surface area contributed by atoms with Crippen molar-refractivity contribution in [3.05, 3.63) is 77.9 Å². The molecule has 0 radical (unpaired) electrons. The van der Waals surface area contributed by atoms with Crippen molar-refractivity contribution in [3.8, 4) is 11.5 Å². The van der Waals surface area contributed by atoms with Crippen molar-refractivity contribution in [2.75, 3.05) is 42.8 Å². The monoisotopic (exact) mass is 474 g/mol. The van der Waals surface area contributed by atoms with E-state index in [1.165, 1.54) is 0 Å². The van der Waals surface area contributed by atoms with E-state index in [9.17, 15) is 9.59 Å². The topological polar surface area (TPSA) is 83.1 Å². The number of carbonyl (C=O) groups is 2. The van der Waals surface area contributed by atoms with E-state index in [1.54, 1.807) is 31.3 Å². The van der Waals surface area contributed by atoms with E-state index in [2.05, 4.69) is 10.6 Å². The van der Waals surface area contributed by atoms with Crippen molar-refractivity contribution < 1.29 is 19.1 Å². The molecule has 1 fully saturated rings. The number of rotatable bonds is 7. The maximum absolute atomic E-state index is 13.3. The average Bonchev–Trinajstić information content (AvgIpc) is 2.86. The molecule has 8 nitrogen and oxygen atoms in total. The van der Waals surface area contributed by atoms with Gasteiger partial charge in [-0.2, -0.15) is 0 Å². The minimum Gasteiger partial charge on any atom is -0.497 e. The van der Waals surface area contributed by atoms with Gasteiger partial charge in [0, 0.05) is 42.8 Å². The first kappa shape index (κ1) is 23.9. The van der Waals surface area contributed by atoms with E-state index in [-0.39, 0.29) is 12.1 Å². The molecule has 182 valence electrons. The van der Waals surface area contributed by atoms with E-state index >= 15 is 0 Å². The summed E-state index contributed by atoms with van der Waals surface area (Å²) in [5.74, 6) is 1.37. The average molecular weight is 475 g/mol. The largest absolute Gasteiger partial charge is 0.497 e. The van der Waals surface area contributed by atoms with Crippen LogP contribution in [0.2, 0.25) is 0 Å². The molecule has 2 N–H and O–H groups in total. The molecular weight excluding hydrogens is 444 g/mol. The van der Waals surface area contributed by atoms with Gasteiger partial charge in [-0.25, -0.2) is 9.59 Å². The second-order valence-corrected chi connectivity index (χ2v) is 8.43. The molecule has 3 aromatic rings. The lowest BCUT2D eigenvalue weighted by Crippen LogP contribution is -2.49. The lowest BCUT2D eigenvalue weighted by Gasteiger charge is -2.36. The summed E-state index contributed by atoms with van der Waals surface area (Å²) in [4.78, 5) is 29.3. The van der Waals surface area contributed by atoms with Crippen LogP contribution >= 0.6 is 0 Å². The van der Waals surface area contributed by atoms with Crippen molar-refractivity contribution in [2.24, 2.45) is 0 Å². The molecule has 3 aromatic carbocycles. The minimum atomic E-state index is -0.343.